The van der Waals surface area contributed by atoms with E-state index in [4.69, 9.17) is 14.2 Å². The number of rotatable bonds is 6. The minimum absolute atomic E-state index is 0.0639. The standard InChI is InChI=1S/C27H26N2O5/c1-2-22-27(31)29(15-19-8-10-24-25(12-19)33-17-32-24)16-20-14-21(9-11-23(20)34-22)28-26(30)13-18-6-4-3-5-7-18/h3-12,14,22H,2,13,15-17H2,1H3,(H,28,30). The van der Waals surface area contributed by atoms with Crippen LogP contribution >= 0.6 is 0 Å². The van der Waals surface area contributed by atoms with Crippen molar-refractivity contribution in [3.05, 3.63) is 83.4 Å². The Bertz CT molecular complexity index is 1210. The SMILES string of the molecule is CCC1Oc2ccc(NC(=O)Cc3ccccc3)cc2CN(Cc2ccc3c(c2)OCO3)C1=O. The Labute approximate surface area is 198 Å². The van der Waals surface area contributed by atoms with Gasteiger partial charge in [-0.05, 0) is 47.9 Å². The fourth-order valence-electron chi connectivity index (χ4n) is 4.22. The number of amides is 2. The van der Waals surface area contributed by atoms with Crippen LogP contribution in [0, 0.1) is 0 Å². The van der Waals surface area contributed by atoms with E-state index in [1.807, 2.05) is 73.7 Å². The highest BCUT2D eigenvalue weighted by atomic mass is 16.7. The van der Waals surface area contributed by atoms with Gasteiger partial charge < -0.3 is 24.4 Å². The van der Waals surface area contributed by atoms with Crippen LogP contribution in [0.1, 0.15) is 30.0 Å². The van der Waals surface area contributed by atoms with Gasteiger partial charge in [-0.25, -0.2) is 0 Å². The summed E-state index contributed by atoms with van der Waals surface area (Å²) in [6.45, 7) is 2.94. The summed E-state index contributed by atoms with van der Waals surface area (Å²) in [6, 6.07) is 20.8. The quantitative estimate of drug-likeness (QED) is 0.596. The van der Waals surface area contributed by atoms with E-state index in [-0.39, 0.29) is 18.6 Å². The predicted octanol–water partition coefficient (Wildman–Crippen LogP) is 4.30. The predicted molar refractivity (Wildman–Crippen MR) is 127 cm³/mol. The lowest BCUT2D eigenvalue weighted by molar-refractivity contribution is -0.139. The van der Waals surface area contributed by atoms with Crippen molar-refractivity contribution in [2.24, 2.45) is 0 Å². The molecular formula is C27H26N2O5. The summed E-state index contributed by atoms with van der Waals surface area (Å²) in [4.78, 5) is 27.5. The third kappa shape index (κ3) is 4.69. The Morgan fingerprint density at radius 3 is 2.59 bits per heavy atom. The average Bonchev–Trinajstić information content (AvgIpc) is 3.26. The summed E-state index contributed by atoms with van der Waals surface area (Å²) >= 11 is 0. The number of carbonyl (C=O) groups excluding carboxylic acids is 2. The van der Waals surface area contributed by atoms with E-state index in [1.165, 1.54) is 0 Å². The van der Waals surface area contributed by atoms with Crippen molar-refractivity contribution < 1.29 is 23.8 Å². The second-order valence-corrected chi connectivity index (χ2v) is 8.43. The Kier molecular flexibility index (Phi) is 6.08. The normalized spacial score (nSPS) is 16.4. The van der Waals surface area contributed by atoms with Gasteiger partial charge in [0.25, 0.3) is 5.91 Å². The van der Waals surface area contributed by atoms with Crippen molar-refractivity contribution in [2.45, 2.75) is 39.0 Å². The van der Waals surface area contributed by atoms with Crippen LogP contribution in [0.3, 0.4) is 0 Å². The number of carbonyl (C=O) groups is 2. The molecule has 1 N–H and O–H groups in total. The molecular weight excluding hydrogens is 432 g/mol. The average molecular weight is 459 g/mol. The molecule has 34 heavy (non-hydrogen) atoms. The molecule has 0 radical (unpaired) electrons. The lowest BCUT2D eigenvalue weighted by atomic mass is 10.1. The molecule has 2 amide bonds. The molecule has 2 aliphatic heterocycles. The number of nitrogens with one attached hydrogen (secondary N) is 1. The maximum absolute atomic E-state index is 13.2. The van der Waals surface area contributed by atoms with Crippen molar-refractivity contribution in [1.82, 2.24) is 4.90 Å². The molecule has 0 bridgehead atoms. The highest BCUT2D eigenvalue weighted by molar-refractivity contribution is 5.92. The van der Waals surface area contributed by atoms with Gasteiger partial charge in [-0.15, -0.1) is 0 Å². The second-order valence-electron chi connectivity index (χ2n) is 8.43. The first kappa shape index (κ1) is 21.8. The Morgan fingerprint density at radius 2 is 1.76 bits per heavy atom. The Hall–Kier alpha value is -4.00. The van der Waals surface area contributed by atoms with Crippen LogP contribution in [0.5, 0.6) is 17.2 Å². The van der Waals surface area contributed by atoms with Crippen molar-refractivity contribution in [3.8, 4) is 17.2 Å². The number of ether oxygens (including phenoxy) is 3. The van der Waals surface area contributed by atoms with Gasteiger partial charge in [-0.3, -0.25) is 9.59 Å². The smallest absolute Gasteiger partial charge is 0.264 e. The first-order valence-electron chi connectivity index (χ1n) is 11.4. The second kappa shape index (κ2) is 9.47. The Balaban J connectivity index is 1.35. The van der Waals surface area contributed by atoms with E-state index in [1.54, 1.807) is 4.90 Å². The molecule has 3 aromatic carbocycles. The van der Waals surface area contributed by atoms with Crippen LogP contribution in [0.15, 0.2) is 66.7 Å². The zero-order chi connectivity index (χ0) is 23.5. The lowest BCUT2D eigenvalue weighted by Gasteiger charge is -2.23. The molecule has 7 nitrogen and oxygen atoms in total. The van der Waals surface area contributed by atoms with Gasteiger partial charge in [0.05, 0.1) is 6.42 Å². The third-order valence-electron chi connectivity index (χ3n) is 5.95. The van der Waals surface area contributed by atoms with Crippen molar-refractivity contribution >= 4 is 17.5 Å². The summed E-state index contributed by atoms with van der Waals surface area (Å²) in [5, 5.41) is 2.96. The molecule has 2 aliphatic rings. The maximum atomic E-state index is 13.2. The molecule has 7 heteroatoms. The topological polar surface area (TPSA) is 77.1 Å². The van der Waals surface area contributed by atoms with Crippen molar-refractivity contribution in [2.75, 3.05) is 12.1 Å². The fraction of sp³-hybridized carbons (Fsp3) is 0.259. The zero-order valence-electron chi connectivity index (χ0n) is 19.0. The van der Waals surface area contributed by atoms with Crippen LogP contribution in [0.25, 0.3) is 0 Å². The van der Waals surface area contributed by atoms with Gasteiger partial charge in [-0.1, -0.05) is 43.3 Å². The molecule has 2 heterocycles. The van der Waals surface area contributed by atoms with Gasteiger partial charge in [0, 0.05) is 24.3 Å². The summed E-state index contributed by atoms with van der Waals surface area (Å²) in [7, 11) is 0. The first-order chi connectivity index (χ1) is 16.6. The van der Waals surface area contributed by atoms with E-state index >= 15 is 0 Å². The third-order valence-corrected chi connectivity index (χ3v) is 5.95. The molecule has 5 rings (SSSR count). The molecule has 3 aromatic rings. The van der Waals surface area contributed by atoms with Gasteiger partial charge in [0.1, 0.15) is 5.75 Å². The molecule has 174 valence electrons. The number of benzene rings is 3. The number of nitrogens with zero attached hydrogens (tertiary/aromatic N) is 1. The largest absolute Gasteiger partial charge is 0.480 e. The van der Waals surface area contributed by atoms with Crippen LogP contribution in [-0.4, -0.2) is 29.6 Å². The molecule has 0 aromatic heterocycles. The van der Waals surface area contributed by atoms with E-state index in [0.717, 1.165) is 16.7 Å². The summed E-state index contributed by atoms with van der Waals surface area (Å²) in [6.07, 6.45) is 0.292. The zero-order valence-corrected chi connectivity index (χ0v) is 19.0. The number of hydrogen-bond donors (Lipinski definition) is 1. The van der Waals surface area contributed by atoms with E-state index < -0.39 is 6.10 Å². The fourth-order valence-corrected chi connectivity index (χ4v) is 4.22. The molecule has 0 aliphatic carbocycles. The molecule has 0 saturated carbocycles. The highest BCUT2D eigenvalue weighted by Gasteiger charge is 2.30. The summed E-state index contributed by atoms with van der Waals surface area (Å²) in [5.41, 5.74) is 3.42. The van der Waals surface area contributed by atoms with Crippen LogP contribution in [0.4, 0.5) is 5.69 Å². The molecule has 0 saturated heterocycles. The number of anilines is 1. The minimum Gasteiger partial charge on any atom is -0.480 e. The number of hydrogen-bond acceptors (Lipinski definition) is 5. The molecule has 0 spiro atoms. The highest BCUT2D eigenvalue weighted by Crippen LogP contribution is 2.34. The van der Waals surface area contributed by atoms with Gasteiger partial charge in [-0.2, -0.15) is 0 Å². The monoisotopic (exact) mass is 458 g/mol. The molecule has 0 fully saturated rings. The number of fused-ring (bicyclic) bond motifs is 2. The first-order valence-corrected chi connectivity index (χ1v) is 11.4. The van der Waals surface area contributed by atoms with Crippen LogP contribution in [0.2, 0.25) is 0 Å². The van der Waals surface area contributed by atoms with Crippen molar-refractivity contribution in [1.29, 1.82) is 0 Å². The minimum atomic E-state index is -0.561. The van der Waals surface area contributed by atoms with Gasteiger partial charge in [0.15, 0.2) is 17.6 Å². The van der Waals surface area contributed by atoms with Gasteiger partial charge in [0.2, 0.25) is 12.7 Å². The Morgan fingerprint density at radius 1 is 0.971 bits per heavy atom. The summed E-state index contributed by atoms with van der Waals surface area (Å²) in [5.74, 6) is 1.90. The molecule has 1 unspecified atom stereocenters. The molecule has 1 atom stereocenters. The lowest BCUT2D eigenvalue weighted by Crippen LogP contribution is -2.38. The van der Waals surface area contributed by atoms with Crippen LogP contribution < -0.4 is 19.5 Å². The van der Waals surface area contributed by atoms with Crippen LogP contribution in [-0.2, 0) is 29.1 Å². The maximum Gasteiger partial charge on any atom is 0.264 e. The van der Waals surface area contributed by atoms with Gasteiger partial charge >= 0.3 is 0 Å². The van der Waals surface area contributed by atoms with E-state index in [9.17, 15) is 9.59 Å². The van der Waals surface area contributed by atoms with E-state index in [2.05, 4.69) is 5.32 Å². The van der Waals surface area contributed by atoms with E-state index in [0.29, 0.717) is 48.9 Å². The summed E-state index contributed by atoms with van der Waals surface area (Å²) < 4.78 is 16.9. The van der Waals surface area contributed by atoms with Crippen molar-refractivity contribution in [3.63, 3.8) is 0 Å².